The summed E-state index contributed by atoms with van der Waals surface area (Å²) in [5.41, 5.74) is 4.10. The number of pyridine rings is 1. The van der Waals surface area contributed by atoms with Crippen LogP contribution in [0.4, 0.5) is 5.69 Å². The number of nitriles is 1. The van der Waals surface area contributed by atoms with Gasteiger partial charge in [0.15, 0.2) is 6.10 Å². The number of carbonyl (C=O) groups is 2. The fourth-order valence-corrected chi connectivity index (χ4v) is 3.97. The minimum Gasteiger partial charge on any atom is -0.449 e. The molecule has 0 aliphatic heterocycles. The number of carbonyl (C=O) groups excluding carboxylic acids is 2. The van der Waals surface area contributed by atoms with E-state index in [0.29, 0.717) is 16.8 Å². The summed E-state index contributed by atoms with van der Waals surface area (Å²) < 4.78 is 5.60. The highest BCUT2D eigenvalue weighted by Gasteiger charge is 2.26. The van der Waals surface area contributed by atoms with Crippen molar-refractivity contribution in [2.75, 3.05) is 5.32 Å². The quantitative estimate of drug-likeness (QED) is 0.500. The molecule has 31 heavy (non-hydrogen) atoms. The maximum atomic E-state index is 13.2. The lowest BCUT2D eigenvalue weighted by atomic mass is 9.97. The summed E-state index contributed by atoms with van der Waals surface area (Å²) in [4.78, 5) is 30.6. The fourth-order valence-electron chi connectivity index (χ4n) is 3.97. The number of amides is 1. The Morgan fingerprint density at radius 2 is 1.90 bits per heavy atom. The van der Waals surface area contributed by atoms with Crippen molar-refractivity contribution < 1.29 is 14.3 Å². The molecule has 0 radical (unpaired) electrons. The highest BCUT2D eigenvalue weighted by Crippen LogP contribution is 2.29. The first-order valence-electron chi connectivity index (χ1n) is 10.5. The average Bonchev–Trinajstić information content (AvgIpc) is 3.02. The number of aromatic nitrogens is 1. The molecule has 0 saturated carbocycles. The van der Waals surface area contributed by atoms with Gasteiger partial charge in [0.25, 0.3) is 5.91 Å². The molecule has 0 fully saturated rings. The van der Waals surface area contributed by atoms with Crippen LogP contribution in [0.25, 0.3) is 10.9 Å². The number of esters is 1. The number of hydrogen-bond acceptors (Lipinski definition) is 5. The predicted molar refractivity (Wildman–Crippen MR) is 118 cm³/mol. The van der Waals surface area contributed by atoms with Crippen LogP contribution in [0.3, 0.4) is 0 Å². The lowest BCUT2D eigenvalue weighted by molar-refractivity contribution is -0.123. The van der Waals surface area contributed by atoms with Crippen molar-refractivity contribution in [3.63, 3.8) is 0 Å². The van der Waals surface area contributed by atoms with Crippen LogP contribution in [0.2, 0.25) is 0 Å². The molecule has 1 atom stereocenters. The Kier molecular flexibility index (Phi) is 5.94. The molecule has 0 saturated heterocycles. The molecule has 0 bridgehead atoms. The highest BCUT2D eigenvalue weighted by molar-refractivity contribution is 6.06. The number of fused-ring (bicyclic) bond motifs is 2. The zero-order valence-corrected chi connectivity index (χ0v) is 17.4. The van der Waals surface area contributed by atoms with Crippen molar-refractivity contribution in [2.45, 2.75) is 45.1 Å². The summed E-state index contributed by atoms with van der Waals surface area (Å²) in [7, 11) is 0. The van der Waals surface area contributed by atoms with Crippen LogP contribution in [0.5, 0.6) is 0 Å². The lowest BCUT2D eigenvalue weighted by Crippen LogP contribution is -2.30. The summed E-state index contributed by atoms with van der Waals surface area (Å²) >= 11 is 0. The van der Waals surface area contributed by atoms with E-state index in [-0.39, 0.29) is 0 Å². The van der Waals surface area contributed by atoms with Crippen LogP contribution >= 0.6 is 0 Å². The maximum Gasteiger partial charge on any atom is 0.339 e. The second kappa shape index (κ2) is 8.97. The molecule has 1 aromatic heterocycles. The van der Waals surface area contributed by atoms with Crippen molar-refractivity contribution in [3.05, 3.63) is 70.9 Å². The lowest BCUT2D eigenvalue weighted by Gasteiger charge is -2.18. The van der Waals surface area contributed by atoms with Crippen molar-refractivity contribution in [1.29, 1.82) is 5.26 Å². The number of nitrogens with zero attached hydrogens (tertiary/aromatic N) is 2. The molecule has 6 nitrogen and oxygen atoms in total. The Morgan fingerprint density at radius 1 is 1.10 bits per heavy atom. The summed E-state index contributed by atoms with van der Waals surface area (Å²) in [6, 6.07) is 16.2. The molecule has 3 aromatic rings. The number of hydrogen-bond donors (Lipinski definition) is 1. The van der Waals surface area contributed by atoms with E-state index < -0.39 is 18.0 Å². The maximum absolute atomic E-state index is 13.2. The molecule has 1 aliphatic carbocycles. The number of nitrogens with one attached hydrogen (secondary N) is 1. The van der Waals surface area contributed by atoms with Crippen LogP contribution < -0.4 is 5.32 Å². The van der Waals surface area contributed by atoms with Crippen LogP contribution in [0, 0.1) is 11.3 Å². The zero-order valence-electron chi connectivity index (χ0n) is 17.4. The van der Waals surface area contributed by atoms with Crippen LogP contribution in [-0.2, 0) is 22.4 Å². The van der Waals surface area contributed by atoms with Gasteiger partial charge in [-0.3, -0.25) is 9.78 Å². The van der Waals surface area contributed by atoms with E-state index >= 15 is 0 Å². The first-order valence-corrected chi connectivity index (χ1v) is 10.5. The van der Waals surface area contributed by atoms with E-state index in [1.807, 2.05) is 30.3 Å². The SMILES string of the molecule is C[C@H](OC(=O)c1c2c(nc3ccccc13)CCCCC2)C(=O)Nc1cccc(C#N)c1. The first-order chi connectivity index (χ1) is 15.1. The van der Waals surface area contributed by atoms with Gasteiger partial charge in [0.05, 0.1) is 22.7 Å². The second-order valence-corrected chi connectivity index (χ2v) is 7.72. The molecule has 1 amide bonds. The number of anilines is 1. The van der Waals surface area contributed by atoms with E-state index in [1.54, 1.807) is 31.2 Å². The Morgan fingerprint density at radius 3 is 2.74 bits per heavy atom. The highest BCUT2D eigenvalue weighted by atomic mass is 16.5. The Balaban J connectivity index is 1.60. The van der Waals surface area contributed by atoms with Gasteiger partial charge in [-0.15, -0.1) is 0 Å². The van der Waals surface area contributed by atoms with E-state index in [0.717, 1.165) is 54.3 Å². The van der Waals surface area contributed by atoms with Gasteiger partial charge in [-0.2, -0.15) is 5.26 Å². The molecule has 1 aliphatic rings. The smallest absolute Gasteiger partial charge is 0.339 e. The van der Waals surface area contributed by atoms with Crippen LogP contribution in [0.1, 0.15) is 53.4 Å². The molecule has 1 N–H and O–H groups in total. The van der Waals surface area contributed by atoms with E-state index in [9.17, 15) is 9.59 Å². The molecule has 1 heterocycles. The van der Waals surface area contributed by atoms with Crippen molar-refractivity contribution in [1.82, 2.24) is 4.98 Å². The summed E-state index contributed by atoms with van der Waals surface area (Å²) in [6.45, 7) is 1.55. The predicted octanol–water partition coefficient (Wildman–Crippen LogP) is 4.56. The van der Waals surface area contributed by atoms with Gasteiger partial charge in [-0.25, -0.2) is 4.79 Å². The van der Waals surface area contributed by atoms with Gasteiger partial charge in [0.2, 0.25) is 0 Å². The van der Waals surface area contributed by atoms with Crippen LogP contribution in [-0.4, -0.2) is 23.0 Å². The number of para-hydroxylation sites is 1. The number of rotatable bonds is 4. The van der Waals surface area contributed by atoms with E-state index in [2.05, 4.69) is 5.32 Å². The standard InChI is InChI=1S/C25H23N3O3/c1-16(24(29)27-18-9-7-8-17(14-18)15-26)31-25(30)23-19-10-3-2-4-12-21(19)28-22-13-6-5-11-20(22)23/h5-9,11,13-14,16H,2-4,10,12H2,1H3,(H,27,29)/t16-/m0/s1. The third-order valence-corrected chi connectivity index (χ3v) is 5.54. The molecule has 0 spiro atoms. The van der Waals surface area contributed by atoms with Crippen molar-refractivity contribution >= 4 is 28.5 Å². The normalized spacial score (nSPS) is 14.1. The first kappa shape index (κ1) is 20.5. The summed E-state index contributed by atoms with van der Waals surface area (Å²) in [5, 5.41) is 12.5. The third kappa shape index (κ3) is 4.41. The van der Waals surface area contributed by atoms with Crippen molar-refractivity contribution in [2.24, 2.45) is 0 Å². The van der Waals surface area contributed by atoms with Gasteiger partial charge in [0.1, 0.15) is 0 Å². The van der Waals surface area contributed by atoms with Gasteiger partial charge in [-0.1, -0.05) is 30.7 Å². The number of ether oxygens (including phenoxy) is 1. The third-order valence-electron chi connectivity index (χ3n) is 5.54. The zero-order chi connectivity index (χ0) is 21.8. The molecular formula is C25H23N3O3. The van der Waals surface area contributed by atoms with Crippen molar-refractivity contribution in [3.8, 4) is 6.07 Å². The molecular weight excluding hydrogens is 390 g/mol. The molecule has 0 unspecified atom stereocenters. The molecule has 2 aromatic carbocycles. The topological polar surface area (TPSA) is 92.1 Å². The summed E-state index contributed by atoms with van der Waals surface area (Å²) in [5.74, 6) is -0.960. The van der Waals surface area contributed by atoms with Crippen LogP contribution in [0.15, 0.2) is 48.5 Å². The second-order valence-electron chi connectivity index (χ2n) is 7.72. The molecule has 4 rings (SSSR count). The fraction of sp³-hybridized carbons (Fsp3) is 0.280. The Hall–Kier alpha value is -3.72. The largest absolute Gasteiger partial charge is 0.449 e. The summed E-state index contributed by atoms with van der Waals surface area (Å²) in [6.07, 6.45) is 3.77. The monoisotopic (exact) mass is 413 g/mol. The minimum absolute atomic E-state index is 0.438. The van der Waals surface area contributed by atoms with Gasteiger partial charge in [-0.05, 0) is 62.4 Å². The van der Waals surface area contributed by atoms with Gasteiger partial charge in [0, 0.05) is 16.8 Å². The van der Waals surface area contributed by atoms with Gasteiger partial charge < -0.3 is 10.1 Å². The van der Waals surface area contributed by atoms with E-state index in [4.69, 9.17) is 15.0 Å². The van der Waals surface area contributed by atoms with E-state index in [1.165, 1.54) is 0 Å². The molecule has 6 heteroatoms. The number of benzene rings is 2. The Bertz CT molecular complexity index is 1200. The average molecular weight is 413 g/mol. The van der Waals surface area contributed by atoms with Gasteiger partial charge >= 0.3 is 5.97 Å². The Labute approximate surface area is 180 Å². The number of aryl methyl sites for hydroxylation is 1. The molecule has 156 valence electrons. The minimum atomic E-state index is -0.994.